The zero-order valence-electron chi connectivity index (χ0n) is 9.53. The maximum atomic E-state index is 11.8. The van der Waals surface area contributed by atoms with Crippen LogP contribution in [0.1, 0.15) is 32.3 Å². The second kappa shape index (κ2) is 6.62. The van der Waals surface area contributed by atoms with Gasteiger partial charge in [0, 0.05) is 19.5 Å². The molecule has 0 aromatic carbocycles. The van der Waals surface area contributed by atoms with E-state index in [-0.39, 0.29) is 5.91 Å². The Kier molecular flexibility index (Phi) is 5.40. The molecule has 0 bridgehead atoms. The van der Waals surface area contributed by atoms with Gasteiger partial charge in [-0.2, -0.15) is 11.3 Å². The average molecular weight is 225 g/mol. The number of carbonyl (C=O) groups excluding carboxylic acids is 1. The minimum Gasteiger partial charge on any atom is -0.343 e. The zero-order valence-corrected chi connectivity index (χ0v) is 10.3. The molecule has 1 aromatic heterocycles. The van der Waals surface area contributed by atoms with Gasteiger partial charge in [-0.3, -0.25) is 4.79 Å². The molecule has 0 N–H and O–H groups in total. The SMILES string of the molecule is CCCN(CC)C(=O)CCc1ccsc1. The maximum Gasteiger partial charge on any atom is 0.222 e. The summed E-state index contributed by atoms with van der Waals surface area (Å²) in [5.74, 6) is 0.283. The lowest BCUT2D eigenvalue weighted by Gasteiger charge is -2.19. The molecule has 0 aliphatic carbocycles. The first-order chi connectivity index (χ1) is 7.27. The van der Waals surface area contributed by atoms with E-state index in [9.17, 15) is 4.79 Å². The first-order valence-corrected chi connectivity index (χ1v) is 6.51. The molecule has 0 radical (unpaired) electrons. The van der Waals surface area contributed by atoms with Gasteiger partial charge in [-0.1, -0.05) is 6.92 Å². The summed E-state index contributed by atoms with van der Waals surface area (Å²) in [6, 6.07) is 2.09. The van der Waals surface area contributed by atoms with Crippen molar-refractivity contribution in [1.82, 2.24) is 4.90 Å². The summed E-state index contributed by atoms with van der Waals surface area (Å²) in [7, 11) is 0. The quantitative estimate of drug-likeness (QED) is 0.729. The fourth-order valence-corrected chi connectivity index (χ4v) is 2.28. The Hall–Kier alpha value is -0.830. The first kappa shape index (κ1) is 12.2. The molecular weight excluding hydrogens is 206 g/mol. The largest absolute Gasteiger partial charge is 0.343 e. The maximum absolute atomic E-state index is 11.8. The van der Waals surface area contributed by atoms with Crippen molar-refractivity contribution in [2.24, 2.45) is 0 Å². The van der Waals surface area contributed by atoms with E-state index in [2.05, 4.69) is 23.8 Å². The van der Waals surface area contributed by atoms with Crippen LogP contribution in [-0.2, 0) is 11.2 Å². The van der Waals surface area contributed by atoms with Crippen molar-refractivity contribution < 1.29 is 4.79 Å². The monoisotopic (exact) mass is 225 g/mol. The van der Waals surface area contributed by atoms with Crippen molar-refractivity contribution in [3.05, 3.63) is 22.4 Å². The molecular formula is C12H19NOS. The second-order valence-corrected chi connectivity index (χ2v) is 4.39. The minimum absolute atomic E-state index is 0.283. The Balaban J connectivity index is 2.34. The Morgan fingerprint density at radius 3 is 2.80 bits per heavy atom. The van der Waals surface area contributed by atoms with Gasteiger partial charge in [0.1, 0.15) is 0 Å². The lowest BCUT2D eigenvalue weighted by molar-refractivity contribution is -0.131. The third-order valence-electron chi connectivity index (χ3n) is 2.44. The topological polar surface area (TPSA) is 20.3 Å². The fraction of sp³-hybridized carbons (Fsp3) is 0.583. The Bertz CT molecular complexity index is 282. The van der Waals surface area contributed by atoms with Crippen LogP contribution in [0.25, 0.3) is 0 Å². The van der Waals surface area contributed by atoms with E-state index in [4.69, 9.17) is 0 Å². The van der Waals surface area contributed by atoms with Crippen LogP contribution in [-0.4, -0.2) is 23.9 Å². The van der Waals surface area contributed by atoms with Crippen molar-refractivity contribution in [2.75, 3.05) is 13.1 Å². The van der Waals surface area contributed by atoms with Crippen molar-refractivity contribution in [3.63, 3.8) is 0 Å². The van der Waals surface area contributed by atoms with Gasteiger partial charge in [-0.25, -0.2) is 0 Å². The van der Waals surface area contributed by atoms with Crippen molar-refractivity contribution in [1.29, 1.82) is 0 Å². The van der Waals surface area contributed by atoms with E-state index in [1.165, 1.54) is 5.56 Å². The highest BCUT2D eigenvalue weighted by molar-refractivity contribution is 7.07. The molecule has 1 aromatic rings. The number of thiophene rings is 1. The Morgan fingerprint density at radius 2 is 2.27 bits per heavy atom. The normalized spacial score (nSPS) is 10.3. The molecule has 3 heteroatoms. The van der Waals surface area contributed by atoms with E-state index in [0.717, 1.165) is 25.9 Å². The van der Waals surface area contributed by atoms with E-state index in [1.54, 1.807) is 11.3 Å². The molecule has 1 rings (SSSR count). The highest BCUT2D eigenvalue weighted by Gasteiger charge is 2.10. The number of hydrogen-bond donors (Lipinski definition) is 0. The molecule has 2 nitrogen and oxygen atoms in total. The molecule has 1 amide bonds. The van der Waals surface area contributed by atoms with Crippen LogP contribution in [0.2, 0.25) is 0 Å². The molecule has 0 spiro atoms. The predicted octanol–water partition coefficient (Wildman–Crippen LogP) is 2.94. The molecule has 0 aliphatic heterocycles. The lowest BCUT2D eigenvalue weighted by Crippen LogP contribution is -2.31. The molecule has 1 heterocycles. The highest BCUT2D eigenvalue weighted by atomic mass is 32.1. The summed E-state index contributed by atoms with van der Waals surface area (Å²) in [5, 5.41) is 4.17. The molecule has 0 aliphatic rings. The Morgan fingerprint density at radius 1 is 1.47 bits per heavy atom. The van der Waals surface area contributed by atoms with Gasteiger partial charge in [0.15, 0.2) is 0 Å². The number of rotatable bonds is 6. The van der Waals surface area contributed by atoms with Crippen LogP contribution < -0.4 is 0 Å². The van der Waals surface area contributed by atoms with Crippen LogP contribution in [0.4, 0.5) is 0 Å². The number of aryl methyl sites for hydroxylation is 1. The smallest absolute Gasteiger partial charge is 0.222 e. The predicted molar refractivity (Wildman–Crippen MR) is 65.2 cm³/mol. The van der Waals surface area contributed by atoms with Gasteiger partial charge in [0.05, 0.1) is 0 Å². The lowest BCUT2D eigenvalue weighted by atomic mass is 10.2. The standard InChI is InChI=1S/C12H19NOS/c1-3-8-13(4-2)12(14)6-5-11-7-9-15-10-11/h7,9-10H,3-6,8H2,1-2H3. The van der Waals surface area contributed by atoms with Crippen LogP contribution in [0, 0.1) is 0 Å². The molecule has 0 atom stereocenters. The summed E-state index contributed by atoms with van der Waals surface area (Å²) in [5.41, 5.74) is 1.28. The molecule has 15 heavy (non-hydrogen) atoms. The molecule has 0 fully saturated rings. The van der Waals surface area contributed by atoms with Crippen molar-refractivity contribution >= 4 is 17.2 Å². The van der Waals surface area contributed by atoms with Crippen LogP contribution >= 0.6 is 11.3 Å². The van der Waals surface area contributed by atoms with Crippen molar-refractivity contribution in [3.8, 4) is 0 Å². The number of carbonyl (C=O) groups is 1. The number of nitrogens with zero attached hydrogens (tertiary/aromatic N) is 1. The summed E-state index contributed by atoms with van der Waals surface area (Å²) in [6.07, 6.45) is 2.56. The summed E-state index contributed by atoms with van der Waals surface area (Å²) in [6.45, 7) is 5.86. The van der Waals surface area contributed by atoms with E-state index in [0.29, 0.717) is 6.42 Å². The van der Waals surface area contributed by atoms with E-state index >= 15 is 0 Å². The molecule has 0 unspecified atom stereocenters. The molecule has 0 saturated carbocycles. The third kappa shape index (κ3) is 4.04. The summed E-state index contributed by atoms with van der Waals surface area (Å²) < 4.78 is 0. The highest BCUT2D eigenvalue weighted by Crippen LogP contribution is 2.09. The van der Waals surface area contributed by atoms with Crippen molar-refractivity contribution in [2.45, 2.75) is 33.1 Å². The van der Waals surface area contributed by atoms with Gasteiger partial charge in [-0.05, 0) is 42.2 Å². The van der Waals surface area contributed by atoms with Crippen LogP contribution in [0.3, 0.4) is 0 Å². The van der Waals surface area contributed by atoms with Gasteiger partial charge < -0.3 is 4.90 Å². The van der Waals surface area contributed by atoms with Crippen LogP contribution in [0.5, 0.6) is 0 Å². The minimum atomic E-state index is 0.283. The number of amides is 1. The van der Waals surface area contributed by atoms with Gasteiger partial charge in [0.2, 0.25) is 5.91 Å². The van der Waals surface area contributed by atoms with Crippen LogP contribution in [0.15, 0.2) is 16.8 Å². The third-order valence-corrected chi connectivity index (χ3v) is 3.17. The van der Waals surface area contributed by atoms with Gasteiger partial charge in [0.25, 0.3) is 0 Å². The van der Waals surface area contributed by atoms with E-state index in [1.807, 2.05) is 11.8 Å². The second-order valence-electron chi connectivity index (χ2n) is 3.61. The fourth-order valence-electron chi connectivity index (χ4n) is 1.57. The molecule has 84 valence electrons. The zero-order chi connectivity index (χ0) is 11.1. The first-order valence-electron chi connectivity index (χ1n) is 5.56. The number of hydrogen-bond acceptors (Lipinski definition) is 2. The Labute approximate surface area is 95.9 Å². The average Bonchev–Trinajstić information content (AvgIpc) is 2.75. The van der Waals surface area contributed by atoms with Gasteiger partial charge >= 0.3 is 0 Å². The summed E-state index contributed by atoms with van der Waals surface area (Å²) in [4.78, 5) is 13.7. The summed E-state index contributed by atoms with van der Waals surface area (Å²) >= 11 is 1.69. The van der Waals surface area contributed by atoms with E-state index < -0.39 is 0 Å². The molecule has 0 saturated heterocycles. The van der Waals surface area contributed by atoms with Gasteiger partial charge in [-0.15, -0.1) is 0 Å².